The van der Waals surface area contributed by atoms with Gasteiger partial charge in [0, 0.05) is 13.0 Å². The van der Waals surface area contributed by atoms with Crippen molar-refractivity contribution in [3.05, 3.63) is 0 Å². The van der Waals surface area contributed by atoms with Crippen molar-refractivity contribution in [1.29, 1.82) is 0 Å². The minimum atomic E-state index is -0.0679. The minimum Gasteiger partial charge on any atom is -0.325 e. The fourth-order valence-corrected chi connectivity index (χ4v) is 6.30. The second-order valence-electron chi connectivity index (χ2n) is 12.9. The summed E-state index contributed by atoms with van der Waals surface area (Å²) < 4.78 is 0.270. The Kier molecular flexibility index (Phi) is 25.9. The summed E-state index contributed by atoms with van der Waals surface area (Å²) >= 11 is 0. The van der Waals surface area contributed by atoms with E-state index in [0.717, 1.165) is 44.6 Å². The number of nitrogens with zero attached hydrogens (tertiary/aromatic N) is 2. The first-order valence-electron chi connectivity index (χ1n) is 18.5. The van der Waals surface area contributed by atoms with Crippen LogP contribution >= 0.6 is 0 Å². The molecule has 0 saturated heterocycles. The Bertz CT molecular complexity index is 624. The zero-order valence-electron chi connectivity index (χ0n) is 27.9. The molecule has 0 saturated carbocycles. The summed E-state index contributed by atoms with van der Waals surface area (Å²) in [6.07, 6.45) is 36.2. The van der Waals surface area contributed by atoms with Gasteiger partial charge >= 0.3 is 5.97 Å². The van der Waals surface area contributed by atoms with E-state index in [2.05, 4.69) is 13.8 Å². The van der Waals surface area contributed by atoms with Crippen LogP contribution in [0.5, 0.6) is 0 Å². The first-order valence-corrected chi connectivity index (χ1v) is 18.5. The van der Waals surface area contributed by atoms with Gasteiger partial charge in [0.1, 0.15) is 13.1 Å². The molecule has 1 aliphatic heterocycles. The average molecular weight is 579 g/mol. The van der Waals surface area contributed by atoms with Crippen molar-refractivity contribution in [3.63, 3.8) is 0 Å². The van der Waals surface area contributed by atoms with Gasteiger partial charge in [0.15, 0.2) is 0 Å². The summed E-state index contributed by atoms with van der Waals surface area (Å²) in [7, 11) is 0. The van der Waals surface area contributed by atoms with Crippen LogP contribution in [0.1, 0.15) is 194 Å². The van der Waals surface area contributed by atoms with Crippen molar-refractivity contribution in [2.75, 3.05) is 26.2 Å². The number of amidine groups is 1. The number of hydrogen-bond donors (Lipinski definition) is 1. The fraction of sp³-hybridized carbons (Fsp3) is 0.944. The van der Waals surface area contributed by atoms with Crippen molar-refractivity contribution in [3.8, 4) is 0 Å². The number of quaternary nitrogens is 1. The van der Waals surface area contributed by atoms with Gasteiger partial charge in [0.2, 0.25) is 5.84 Å². The third kappa shape index (κ3) is 20.6. The van der Waals surface area contributed by atoms with Crippen LogP contribution in [0, 0.1) is 0 Å². The summed E-state index contributed by atoms with van der Waals surface area (Å²) in [4.78, 5) is 23.7. The first-order chi connectivity index (χ1) is 20.2. The molecule has 242 valence electrons. The number of unbranched alkanes of at least 4 members (excludes halogenated alkanes) is 24. The van der Waals surface area contributed by atoms with Crippen molar-refractivity contribution < 1.29 is 14.3 Å². The fourth-order valence-electron chi connectivity index (χ4n) is 6.30. The van der Waals surface area contributed by atoms with Crippen molar-refractivity contribution >= 4 is 11.8 Å². The quantitative estimate of drug-likeness (QED) is 0.0657. The minimum absolute atomic E-state index is 0.0679. The maximum atomic E-state index is 12.8. The van der Waals surface area contributed by atoms with E-state index in [9.17, 15) is 4.79 Å². The molecule has 5 nitrogen and oxygen atoms in total. The lowest BCUT2D eigenvalue weighted by Gasteiger charge is -2.30. The molecule has 1 unspecified atom stereocenters. The van der Waals surface area contributed by atoms with E-state index < -0.39 is 0 Å². The number of hydrogen-bond acceptors (Lipinski definition) is 4. The van der Waals surface area contributed by atoms with E-state index in [0.29, 0.717) is 19.5 Å². The van der Waals surface area contributed by atoms with Crippen LogP contribution < -0.4 is 5.73 Å². The van der Waals surface area contributed by atoms with Crippen LogP contribution in [0.4, 0.5) is 0 Å². The van der Waals surface area contributed by atoms with Gasteiger partial charge in [-0.3, -0.25) is 4.84 Å². The SMILES string of the molecule is CCCCCCCCCCCCCCCCCC(=O)O[N+]1(CCN)CCN=C1CCCCCCCCCCCCC. The third-order valence-corrected chi connectivity index (χ3v) is 8.98. The standard InChI is InChI=1S/C36H72N3O2/c1-3-5-7-9-11-13-15-16-17-18-20-22-24-26-28-30-36(40)41-39(33-31-37)34-32-38-35(39)29-27-25-23-21-19-14-12-10-8-6-4-2/h3-34,37H2,1-2H3/q+1. The highest BCUT2D eigenvalue weighted by atomic mass is 16.7. The molecule has 0 aromatic rings. The van der Waals surface area contributed by atoms with E-state index in [1.165, 1.54) is 148 Å². The van der Waals surface area contributed by atoms with Crippen molar-refractivity contribution in [1.82, 2.24) is 0 Å². The van der Waals surface area contributed by atoms with Crippen molar-refractivity contribution in [2.24, 2.45) is 10.7 Å². The zero-order chi connectivity index (χ0) is 29.7. The maximum Gasteiger partial charge on any atom is 0.367 e. The second kappa shape index (κ2) is 27.9. The van der Waals surface area contributed by atoms with Gasteiger partial charge in [-0.2, -0.15) is 0 Å². The van der Waals surface area contributed by atoms with E-state index in [4.69, 9.17) is 15.6 Å². The summed E-state index contributed by atoms with van der Waals surface area (Å²) in [5, 5.41) is 0. The Hall–Kier alpha value is -0.940. The zero-order valence-corrected chi connectivity index (χ0v) is 27.9. The van der Waals surface area contributed by atoms with Gasteiger partial charge in [-0.1, -0.05) is 173 Å². The highest BCUT2D eigenvalue weighted by Crippen LogP contribution is 2.22. The highest BCUT2D eigenvalue weighted by molar-refractivity contribution is 5.78. The predicted octanol–water partition coefficient (Wildman–Crippen LogP) is 10.6. The van der Waals surface area contributed by atoms with E-state index in [-0.39, 0.29) is 10.6 Å². The van der Waals surface area contributed by atoms with Crippen LogP contribution in [0.15, 0.2) is 4.99 Å². The van der Waals surface area contributed by atoms with Gasteiger partial charge in [-0.05, 0) is 12.8 Å². The second-order valence-corrected chi connectivity index (χ2v) is 12.9. The molecule has 1 aliphatic rings. The Morgan fingerprint density at radius 1 is 0.634 bits per heavy atom. The van der Waals surface area contributed by atoms with Gasteiger partial charge < -0.3 is 5.73 Å². The van der Waals surface area contributed by atoms with Gasteiger partial charge in [-0.15, -0.1) is 0 Å². The third-order valence-electron chi connectivity index (χ3n) is 8.98. The number of hydroxylamine groups is 3. The number of nitrogens with two attached hydrogens (primary N) is 1. The van der Waals surface area contributed by atoms with Gasteiger partial charge in [0.05, 0.1) is 13.0 Å². The van der Waals surface area contributed by atoms with Crippen molar-refractivity contribution in [2.45, 2.75) is 194 Å². The molecule has 1 heterocycles. The summed E-state index contributed by atoms with van der Waals surface area (Å²) in [5.41, 5.74) is 5.97. The monoisotopic (exact) mass is 579 g/mol. The van der Waals surface area contributed by atoms with Crippen LogP contribution in [0.2, 0.25) is 0 Å². The molecule has 0 spiro atoms. The Balaban J connectivity index is 2.08. The van der Waals surface area contributed by atoms with Crippen LogP contribution in [0.3, 0.4) is 0 Å². The molecule has 0 aliphatic carbocycles. The van der Waals surface area contributed by atoms with Crippen LogP contribution in [-0.2, 0) is 9.63 Å². The summed E-state index contributed by atoms with van der Waals surface area (Å²) in [6.45, 7) is 7.25. The van der Waals surface area contributed by atoms with Gasteiger partial charge in [-0.25, -0.2) is 9.79 Å². The Morgan fingerprint density at radius 3 is 1.44 bits per heavy atom. The van der Waals surface area contributed by atoms with Gasteiger partial charge in [0.25, 0.3) is 0 Å². The lowest BCUT2D eigenvalue weighted by Crippen LogP contribution is -2.54. The molecular weight excluding hydrogens is 506 g/mol. The topological polar surface area (TPSA) is 64.7 Å². The predicted molar refractivity (Wildman–Crippen MR) is 178 cm³/mol. The number of aliphatic imine (C=N–C) groups is 1. The normalized spacial score (nSPS) is 16.8. The molecule has 1 atom stereocenters. The smallest absolute Gasteiger partial charge is 0.325 e. The lowest BCUT2D eigenvalue weighted by molar-refractivity contribution is -1.01. The first kappa shape index (κ1) is 38.1. The maximum absolute atomic E-state index is 12.8. The molecule has 0 aromatic heterocycles. The Labute approximate surface area is 256 Å². The molecular formula is C36H72N3O2+. The van der Waals surface area contributed by atoms with E-state index in [1.807, 2.05) is 0 Å². The highest BCUT2D eigenvalue weighted by Gasteiger charge is 2.42. The van der Waals surface area contributed by atoms with E-state index in [1.54, 1.807) is 0 Å². The van der Waals surface area contributed by atoms with E-state index >= 15 is 0 Å². The molecule has 5 heteroatoms. The molecule has 0 aromatic carbocycles. The summed E-state index contributed by atoms with van der Waals surface area (Å²) in [6, 6.07) is 0. The largest absolute Gasteiger partial charge is 0.367 e. The van der Waals surface area contributed by atoms with Crippen LogP contribution in [-0.4, -0.2) is 42.6 Å². The molecule has 0 radical (unpaired) electrons. The molecule has 2 N–H and O–H groups in total. The molecule has 1 rings (SSSR count). The van der Waals surface area contributed by atoms with Crippen LogP contribution in [0.25, 0.3) is 0 Å². The molecule has 0 amide bonds. The number of carbonyl (C=O) groups is 1. The summed E-state index contributed by atoms with van der Waals surface area (Å²) in [5.74, 6) is 0.984. The average Bonchev–Trinajstić information content (AvgIpc) is 3.35. The molecule has 0 bridgehead atoms. The Morgan fingerprint density at radius 2 is 1.02 bits per heavy atom. The molecule has 41 heavy (non-hydrogen) atoms. The molecule has 0 fully saturated rings. The number of rotatable bonds is 31. The number of carbonyl (C=O) groups excluding carboxylic acids is 1. The lowest BCUT2D eigenvalue weighted by atomic mass is 10.0.